The maximum atomic E-state index is 11.5. The summed E-state index contributed by atoms with van der Waals surface area (Å²) in [6.45, 7) is 2.08. The molecule has 0 aliphatic carbocycles. The van der Waals surface area contributed by atoms with E-state index < -0.39 is 10.0 Å². The molecule has 0 spiro atoms. The van der Waals surface area contributed by atoms with Gasteiger partial charge < -0.3 is 4.90 Å². The third-order valence-corrected chi connectivity index (χ3v) is 3.68. The monoisotopic (exact) mass is 256 g/mol. The van der Waals surface area contributed by atoms with Crippen LogP contribution in [0.1, 0.15) is 25.3 Å². The first-order valence-corrected chi connectivity index (χ1v) is 7.24. The quantitative estimate of drug-likeness (QED) is 0.873. The van der Waals surface area contributed by atoms with Crippen molar-refractivity contribution in [1.82, 2.24) is 0 Å². The van der Waals surface area contributed by atoms with E-state index in [-0.39, 0.29) is 4.90 Å². The van der Waals surface area contributed by atoms with Crippen LogP contribution in [-0.4, -0.2) is 22.5 Å². The van der Waals surface area contributed by atoms with E-state index in [4.69, 9.17) is 5.14 Å². The lowest BCUT2D eigenvalue weighted by molar-refractivity contribution is 0.596. The number of rotatable bonds is 5. The van der Waals surface area contributed by atoms with Gasteiger partial charge in [0, 0.05) is 19.8 Å². The Balaban J connectivity index is 3.22. The second kappa shape index (κ2) is 5.51. The van der Waals surface area contributed by atoms with Crippen molar-refractivity contribution in [2.75, 3.05) is 19.0 Å². The average molecular weight is 256 g/mol. The van der Waals surface area contributed by atoms with E-state index >= 15 is 0 Å². The van der Waals surface area contributed by atoms with E-state index in [1.54, 1.807) is 12.1 Å². The minimum Gasteiger partial charge on any atom is -0.378 e. The Hall–Kier alpha value is -1.07. The number of sulfonamides is 1. The van der Waals surface area contributed by atoms with Gasteiger partial charge in [0.15, 0.2) is 0 Å². The molecule has 2 N–H and O–H groups in total. The van der Waals surface area contributed by atoms with Gasteiger partial charge in [-0.05, 0) is 36.6 Å². The van der Waals surface area contributed by atoms with E-state index in [1.165, 1.54) is 0 Å². The van der Waals surface area contributed by atoms with Crippen LogP contribution in [0, 0.1) is 0 Å². The number of anilines is 1. The predicted octanol–water partition coefficient (Wildman–Crippen LogP) is 1.74. The Morgan fingerprint density at radius 2 is 1.94 bits per heavy atom. The van der Waals surface area contributed by atoms with E-state index in [0.29, 0.717) is 0 Å². The fraction of sp³-hybridized carbons (Fsp3) is 0.500. The van der Waals surface area contributed by atoms with Gasteiger partial charge in [-0.2, -0.15) is 0 Å². The van der Waals surface area contributed by atoms with E-state index in [0.717, 1.165) is 30.5 Å². The van der Waals surface area contributed by atoms with Crippen molar-refractivity contribution in [3.8, 4) is 0 Å². The smallest absolute Gasteiger partial charge is 0.238 e. The minimum atomic E-state index is -3.62. The summed E-state index contributed by atoms with van der Waals surface area (Å²) in [6, 6.07) is 5.26. The van der Waals surface area contributed by atoms with Gasteiger partial charge in [-0.3, -0.25) is 0 Å². The maximum Gasteiger partial charge on any atom is 0.238 e. The summed E-state index contributed by atoms with van der Waals surface area (Å²) in [4.78, 5) is 2.19. The molecule has 5 heteroatoms. The average Bonchev–Trinajstić information content (AvgIpc) is 2.24. The number of primary sulfonamides is 1. The van der Waals surface area contributed by atoms with Gasteiger partial charge in [0.25, 0.3) is 0 Å². The van der Waals surface area contributed by atoms with Crippen LogP contribution in [0.4, 0.5) is 5.69 Å². The Morgan fingerprint density at radius 3 is 2.41 bits per heavy atom. The molecule has 96 valence electrons. The SMILES string of the molecule is CCCCc1cc(N(C)C)ccc1S(N)(=O)=O. The molecule has 0 bridgehead atoms. The fourth-order valence-electron chi connectivity index (χ4n) is 1.68. The molecule has 4 nitrogen and oxygen atoms in total. The molecule has 0 atom stereocenters. The van der Waals surface area contributed by atoms with Crippen molar-refractivity contribution >= 4 is 15.7 Å². The van der Waals surface area contributed by atoms with Crippen molar-refractivity contribution < 1.29 is 8.42 Å². The zero-order valence-electron chi connectivity index (χ0n) is 10.6. The molecule has 0 heterocycles. The zero-order valence-corrected chi connectivity index (χ0v) is 11.4. The van der Waals surface area contributed by atoms with Gasteiger partial charge in [-0.15, -0.1) is 0 Å². The molecule has 0 unspecified atom stereocenters. The summed E-state index contributed by atoms with van der Waals surface area (Å²) < 4.78 is 22.9. The summed E-state index contributed by atoms with van der Waals surface area (Å²) in [5.74, 6) is 0. The summed E-state index contributed by atoms with van der Waals surface area (Å²) in [6.07, 6.45) is 2.72. The normalized spacial score (nSPS) is 11.5. The van der Waals surface area contributed by atoms with Crippen LogP contribution in [0.25, 0.3) is 0 Å². The standard InChI is InChI=1S/C12H20N2O2S/c1-4-5-6-10-9-11(14(2)3)7-8-12(10)17(13,15)16/h7-9H,4-6H2,1-3H3,(H2,13,15,16). The molecule has 0 amide bonds. The van der Waals surface area contributed by atoms with Gasteiger partial charge in [-0.25, -0.2) is 13.6 Å². The van der Waals surface area contributed by atoms with Gasteiger partial charge in [0.1, 0.15) is 0 Å². The van der Waals surface area contributed by atoms with Crippen LogP contribution in [-0.2, 0) is 16.4 Å². The van der Waals surface area contributed by atoms with Crippen LogP contribution >= 0.6 is 0 Å². The fourth-order valence-corrected chi connectivity index (χ4v) is 2.47. The zero-order chi connectivity index (χ0) is 13.1. The van der Waals surface area contributed by atoms with Gasteiger partial charge in [0.05, 0.1) is 4.90 Å². The first-order valence-electron chi connectivity index (χ1n) is 5.69. The van der Waals surface area contributed by atoms with Gasteiger partial charge in [0.2, 0.25) is 10.0 Å². The highest BCUT2D eigenvalue weighted by molar-refractivity contribution is 7.89. The van der Waals surface area contributed by atoms with Crippen LogP contribution in [0.2, 0.25) is 0 Å². The molecule has 17 heavy (non-hydrogen) atoms. The van der Waals surface area contributed by atoms with Crippen molar-refractivity contribution in [1.29, 1.82) is 0 Å². The van der Waals surface area contributed by atoms with Crippen molar-refractivity contribution in [2.24, 2.45) is 5.14 Å². The third kappa shape index (κ3) is 3.71. The molecule has 1 rings (SSSR count). The molecule has 0 saturated carbocycles. The number of hydrogen-bond acceptors (Lipinski definition) is 3. The van der Waals surface area contributed by atoms with Gasteiger partial charge in [-0.1, -0.05) is 13.3 Å². The molecular formula is C12H20N2O2S. The highest BCUT2D eigenvalue weighted by Gasteiger charge is 2.14. The maximum absolute atomic E-state index is 11.5. The molecule has 0 fully saturated rings. The van der Waals surface area contributed by atoms with Crippen molar-refractivity contribution in [2.45, 2.75) is 31.1 Å². The van der Waals surface area contributed by atoms with Crippen LogP contribution in [0.3, 0.4) is 0 Å². The van der Waals surface area contributed by atoms with E-state index in [1.807, 2.05) is 25.1 Å². The van der Waals surface area contributed by atoms with Gasteiger partial charge >= 0.3 is 0 Å². The number of benzene rings is 1. The first-order chi connectivity index (χ1) is 7.86. The van der Waals surface area contributed by atoms with Crippen molar-refractivity contribution in [3.63, 3.8) is 0 Å². The third-order valence-electron chi connectivity index (χ3n) is 2.67. The summed E-state index contributed by atoms with van der Waals surface area (Å²) in [5.41, 5.74) is 1.80. The van der Waals surface area contributed by atoms with Crippen LogP contribution in [0.15, 0.2) is 23.1 Å². The van der Waals surface area contributed by atoms with Crippen molar-refractivity contribution in [3.05, 3.63) is 23.8 Å². The topological polar surface area (TPSA) is 63.4 Å². The first kappa shape index (κ1) is 14.0. The molecule has 0 aliphatic heterocycles. The summed E-state index contributed by atoms with van der Waals surface area (Å²) >= 11 is 0. The lowest BCUT2D eigenvalue weighted by Gasteiger charge is -2.15. The lowest BCUT2D eigenvalue weighted by atomic mass is 10.1. The number of aryl methyl sites for hydroxylation is 1. The second-order valence-electron chi connectivity index (χ2n) is 4.34. The molecule has 0 aromatic heterocycles. The van der Waals surface area contributed by atoms with E-state index in [9.17, 15) is 8.42 Å². The lowest BCUT2D eigenvalue weighted by Crippen LogP contribution is -2.16. The number of hydrogen-bond donors (Lipinski definition) is 1. The second-order valence-corrected chi connectivity index (χ2v) is 5.86. The molecular weight excluding hydrogens is 236 g/mol. The molecule has 0 radical (unpaired) electrons. The molecule has 0 aliphatic rings. The number of nitrogens with zero attached hydrogens (tertiary/aromatic N) is 1. The summed E-state index contributed by atoms with van der Waals surface area (Å²) in [5, 5.41) is 5.21. The minimum absolute atomic E-state index is 0.247. The highest BCUT2D eigenvalue weighted by Crippen LogP contribution is 2.22. The predicted molar refractivity (Wildman–Crippen MR) is 70.8 cm³/mol. The molecule has 0 saturated heterocycles. The summed E-state index contributed by atoms with van der Waals surface area (Å²) in [7, 11) is 0.227. The Morgan fingerprint density at radius 1 is 1.29 bits per heavy atom. The Bertz CT molecular complexity index is 481. The Kier molecular flexibility index (Phi) is 4.54. The Labute approximate surface area is 103 Å². The molecule has 1 aromatic carbocycles. The molecule has 1 aromatic rings. The highest BCUT2D eigenvalue weighted by atomic mass is 32.2. The van der Waals surface area contributed by atoms with Crippen LogP contribution < -0.4 is 10.0 Å². The van der Waals surface area contributed by atoms with Crippen LogP contribution in [0.5, 0.6) is 0 Å². The largest absolute Gasteiger partial charge is 0.378 e. The number of unbranched alkanes of at least 4 members (excludes halogenated alkanes) is 1. The van der Waals surface area contributed by atoms with E-state index in [2.05, 4.69) is 6.92 Å². The number of nitrogens with two attached hydrogens (primary N) is 1.